The average molecular weight is 891 g/mol. The molecule has 0 heterocycles. The van der Waals surface area contributed by atoms with E-state index >= 15 is 0 Å². The molecular formula is C53H97NO7P+. The Bertz CT molecular complexity index is 1410. The van der Waals surface area contributed by atoms with Crippen molar-refractivity contribution in [2.24, 2.45) is 46.3 Å². The maximum atomic E-state index is 12.9. The third kappa shape index (κ3) is 17.3. The van der Waals surface area contributed by atoms with Crippen LogP contribution in [-0.2, 0) is 27.9 Å². The maximum Gasteiger partial charge on any atom is 0.472 e. The second kappa shape index (κ2) is 26.4. The summed E-state index contributed by atoms with van der Waals surface area (Å²) in [5, 5.41) is 0. The Balaban J connectivity index is 1.25. The molecule has 10 atom stereocenters. The van der Waals surface area contributed by atoms with Gasteiger partial charge in [0.1, 0.15) is 25.9 Å². The van der Waals surface area contributed by atoms with Crippen molar-refractivity contribution in [3.63, 3.8) is 0 Å². The van der Waals surface area contributed by atoms with Crippen LogP contribution >= 0.6 is 7.82 Å². The van der Waals surface area contributed by atoms with Crippen molar-refractivity contribution in [1.82, 2.24) is 0 Å². The van der Waals surface area contributed by atoms with Gasteiger partial charge in [0, 0.05) is 6.42 Å². The number of fused-ring (bicyclic) bond motifs is 5. The molecule has 0 spiro atoms. The number of carbonyl (C=O) groups excluding carboxylic acids is 1. The minimum atomic E-state index is -4.31. The number of quaternary nitrogens is 1. The molecule has 3 fully saturated rings. The van der Waals surface area contributed by atoms with Crippen LogP contribution in [-0.4, -0.2) is 75.1 Å². The lowest BCUT2D eigenvalue weighted by Crippen LogP contribution is -2.51. The summed E-state index contributed by atoms with van der Waals surface area (Å²) < 4.78 is 36.8. The lowest BCUT2D eigenvalue weighted by atomic mass is 9.47. The average Bonchev–Trinajstić information content (AvgIpc) is 3.57. The first-order chi connectivity index (χ1) is 29.5. The predicted octanol–water partition coefficient (Wildman–Crippen LogP) is 14.2. The quantitative estimate of drug-likeness (QED) is 0.0244. The van der Waals surface area contributed by atoms with Gasteiger partial charge in [0.15, 0.2) is 0 Å². The van der Waals surface area contributed by atoms with Crippen LogP contribution in [0, 0.1) is 46.3 Å². The third-order valence-corrected chi connectivity index (χ3v) is 17.1. The molecule has 0 aromatic carbocycles. The van der Waals surface area contributed by atoms with Gasteiger partial charge in [-0.1, -0.05) is 136 Å². The molecule has 2 unspecified atom stereocenters. The van der Waals surface area contributed by atoms with Gasteiger partial charge in [-0.25, -0.2) is 4.57 Å². The molecule has 1 N–H and O–H groups in total. The Hall–Kier alpha value is -1.02. The number of nitrogens with zero attached hydrogens (tertiary/aromatic N) is 1. The summed E-state index contributed by atoms with van der Waals surface area (Å²) in [5.41, 5.74) is 2.19. The van der Waals surface area contributed by atoms with E-state index in [4.69, 9.17) is 18.5 Å². The van der Waals surface area contributed by atoms with Crippen molar-refractivity contribution in [2.45, 2.75) is 214 Å². The van der Waals surface area contributed by atoms with Crippen LogP contribution in [0.5, 0.6) is 0 Å². The van der Waals surface area contributed by atoms with Crippen LogP contribution < -0.4 is 0 Å². The van der Waals surface area contributed by atoms with Crippen LogP contribution in [0.2, 0.25) is 0 Å². The highest BCUT2D eigenvalue weighted by Crippen LogP contribution is 2.67. The van der Waals surface area contributed by atoms with E-state index in [1.54, 1.807) is 0 Å². The Labute approximate surface area is 381 Å². The number of hydrogen-bond donors (Lipinski definition) is 1. The highest BCUT2D eigenvalue weighted by atomic mass is 31.2. The molecule has 0 amide bonds. The van der Waals surface area contributed by atoms with Gasteiger partial charge in [-0.05, 0) is 130 Å². The molecule has 4 rings (SSSR count). The van der Waals surface area contributed by atoms with E-state index in [1.807, 2.05) is 21.1 Å². The third-order valence-electron chi connectivity index (χ3n) is 16.2. The van der Waals surface area contributed by atoms with Gasteiger partial charge in [0.25, 0.3) is 0 Å². The van der Waals surface area contributed by atoms with Crippen LogP contribution in [0.15, 0.2) is 23.8 Å². The number of phosphoric acid groups is 1. The van der Waals surface area contributed by atoms with E-state index < -0.39 is 13.9 Å². The highest BCUT2D eigenvalue weighted by molar-refractivity contribution is 7.47. The zero-order chi connectivity index (χ0) is 45.2. The van der Waals surface area contributed by atoms with Crippen molar-refractivity contribution < 1.29 is 37.3 Å². The Morgan fingerprint density at radius 1 is 0.839 bits per heavy atom. The van der Waals surface area contributed by atoms with Crippen molar-refractivity contribution in [3.05, 3.63) is 23.8 Å². The van der Waals surface area contributed by atoms with E-state index in [2.05, 4.69) is 59.8 Å². The van der Waals surface area contributed by atoms with Gasteiger partial charge in [-0.3, -0.25) is 13.8 Å². The lowest BCUT2D eigenvalue weighted by Gasteiger charge is -2.58. The fourth-order valence-electron chi connectivity index (χ4n) is 12.4. The summed E-state index contributed by atoms with van der Waals surface area (Å²) in [6.07, 6.45) is 36.3. The molecule has 4 aliphatic carbocycles. The number of likely N-dealkylation sites (N-methyl/N-ethyl adjacent to an activating group) is 1. The standard InChI is InChI=1S/C53H96NO7P/c1-10-11-12-13-14-15-16-17-18-19-20-21-22-23-24-28-51(55)58-40-46(41-60-62(56,57)59-38-37-54(7,8)9)61-45-33-35-52(5)44(39-45)29-30-47-49-32-31-48(43(4)27-25-26-42(2)3)53(49,6)36-34-50(47)52/h17-18,29,42-43,45-50H,10-16,19-28,30-41H2,1-9H3/p+1/b18-17-/t43-,45+,46?,47+,48-,49+,50+,52+,53-/m1/s1. The van der Waals surface area contributed by atoms with Crippen molar-refractivity contribution in [3.8, 4) is 0 Å². The van der Waals surface area contributed by atoms with Crippen molar-refractivity contribution >= 4 is 13.8 Å². The minimum Gasteiger partial charge on any atom is -0.463 e. The van der Waals surface area contributed by atoms with Gasteiger partial charge in [-0.15, -0.1) is 0 Å². The summed E-state index contributed by atoms with van der Waals surface area (Å²) in [6.45, 7) is 15.2. The Morgan fingerprint density at radius 3 is 2.19 bits per heavy atom. The zero-order valence-electron chi connectivity index (χ0n) is 41.6. The molecule has 4 aliphatic rings. The second-order valence-electron chi connectivity index (χ2n) is 22.5. The molecule has 0 bridgehead atoms. The number of ether oxygens (including phenoxy) is 2. The van der Waals surface area contributed by atoms with Gasteiger partial charge >= 0.3 is 13.8 Å². The number of carbonyl (C=O) groups is 1. The normalized spacial score (nSPS) is 29.5. The minimum absolute atomic E-state index is 0.00236. The smallest absolute Gasteiger partial charge is 0.463 e. The van der Waals surface area contributed by atoms with E-state index in [1.165, 1.54) is 115 Å². The van der Waals surface area contributed by atoms with Crippen molar-refractivity contribution in [2.75, 3.05) is 47.5 Å². The molecule has 9 heteroatoms. The second-order valence-corrected chi connectivity index (χ2v) is 24.0. The number of allylic oxidation sites excluding steroid dienone is 3. The first-order valence-electron chi connectivity index (χ1n) is 26.0. The number of hydrogen-bond acceptors (Lipinski definition) is 6. The molecule has 0 aromatic heterocycles. The summed E-state index contributed by atoms with van der Waals surface area (Å²) >= 11 is 0. The first kappa shape index (κ1) is 53.6. The SMILES string of the molecule is CCCCCCCC/C=C\CCCCCCCC(=O)OCC(COP(=O)(O)OCC[N+](C)(C)C)O[C@H]1CC[C@@]2(C)C(=CC[C@H]3[C@@H]4CC[C@H]([C@H](C)CCCC(C)C)[C@@]4(C)CC[C@@H]32)C1. The maximum absolute atomic E-state index is 12.9. The number of esters is 1. The summed E-state index contributed by atoms with van der Waals surface area (Å²) in [7, 11) is 1.70. The molecule has 62 heavy (non-hydrogen) atoms. The largest absolute Gasteiger partial charge is 0.472 e. The Kier molecular flexibility index (Phi) is 22.8. The molecule has 8 nitrogen and oxygen atoms in total. The lowest BCUT2D eigenvalue weighted by molar-refractivity contribution is -0.870. The zero-order valence-corrected chi connectivity index (χ0v) is 42.5. The molecular weight excluding hydrogens is 794 g/mol. The molecule has 3 saturated carbocycles. The van der Waals surface area contributed by atoms with Gasteiger partial charge in [0.05, 0.1) is 33.9 Å². The van der Waals surface area contributed by atoms with E-state index in [0.717, 1.165) is 80.5 Å². The molecule has 0 aliphatic heterocycles. The van der Waals surface area contributed by atoms with Crippen LogP contribution in [0.25, 0.3) is 0 Å². The van der Waals surface area contributed by atoms with Crippen LogP contribution in [0.1, 0.15) is 202 Å². The van der Waals surface area contributed by atoms with Crippen LogP contribution in [0.4, 0.5) is 0 Å². The van der Waals surface area contributed by atoms with E-state index in [-0.39, 0.29) is 37.3 Å². The van der Waals surface area contributed by atoms with Crippen molar-refractivity contribution in [1.29, 1.82) is 0 Å². The first-order valence-corrected chi connectivity index (χ1v) is 27.5. The van der Waals surface area contributed by atoms with Gasteiger partial charge in [0.2, 0.25) is 0 Å². The molecule has 360 valence electrons. The fourth-order valence-corrected chi connectivity index (χ4v) is 13.2. The topological polar surface area (TPSA) is 91.3 Å². The predicted molar refractivity (Wildman–Crippen MR) is 257 cm³/mol. The van der Waals surface area contributed by atoms with Gasteiger partial charge in [-0.2, -0.15) is 0 Å². The summed E-state index contributed by atoms with van der Waals surface area (Å²) in [5.74, 6) is 4.53. The number of unbranched alkanes of at least 4 members (excludes halogenated alkanes) is 11. The van der Waals surface area contributed by atoms with E-state index in [0.29, 0.717) is 22.9 Å². The number of rotatable bonds is 31. The summed E-state index contributed by atoms with van der Waals surface area (Å²) in [4.78, 5) is 23.5. The Morgan fingerprint density at radius 2 is 1.52 bits per heavy atom. The molecule has 0 saturated heterocycles. The molecule has 0 radical (unpaired) electrons. The molecule has 0 aromatic rings. The van der Waals surface area contributed by atoms with E-state index in [9.17, 15) is 14.3 Å². The van der Waals surface area contributed by atoms with Gasteiger partial charge < -0.3 is 18.9 Å². The monoisotopic (exact) mass is 891 g/mol. The van der Waals surface area contributed by atoms with Crippen LogP contribution in [0.3, 0.4) is 0 Å². The fraction of sp³-hybridized carbons (Fsp3) is 0.906. The highest BCUT2D eigenvalue weighted by Gasteiger charge is 2.59. The number of phosphoric ester groups is 1. The summed E-state index contributed by atoms with van der Waals surface area (Å²) in [6, 6.07) is 0.